The Morgan fingerprint density at radius 3 is 2.50 bits per heavy atom. The van der Waals surface area contributed by atoms with Crippen LogP contribution in [0, 0.1) is 0 Å². The minimum atomic E-state index is -1.22. The number of pyridine rings is 1. The van der Waals surface area contributed by atoms with E-state index in [4.69, 9.17) is 16.3 Å². The summed E-state index contributed by atoms with van der Waals surface area (Å²) in [4.78, 5) is 48.2. The summed E-state index contributed by atoms with van der Waals surface area (Å²) in [5.74, 6) is 0.603. The fourth-order valence-corrected chi connectivity index (χ4v) is 4.49. The monoisotopic (exact) mass is 456 g/mol. The first-order valence-corrected chi connectivity index (χ1v) is 10.8. The molecule has 2 saturated heterocycles. The van der Waals surface area contributed by atoms with Crippen LogP contribution >= 0.6 is 11.6 Å². The molecule has 1 aromatic carbocycles. The number of imide groups is 1. The van der Waals surface area contributed by atoms with Crippen LogP contribution in [0.15, 0.2) is 42.6 Å². The Hall–Kier alpha value is -3.13. The molecule has 2 fully saturated rings. The molecule has 9 heteroatoms. The molecule has 3 heterocycles. The maximum atomic E-state index is 13.3. The molecule has 0 unspecified atom stereocenters. The molecule has 3 amide bonds. The van der Waals surface area contributed by atoms with Crippen molar-refractivity contribution in [2.24, 2.45) is 0 Å². The Bertz CT molecular complexity index is 1040. The maximum absolute atomic E-state index is 13.3. The molecule has 0 saturated carbocycles. The molecule has 32 heavy (non-hydrogen) atoms. The molecule has 0 N–H and O–H groups in total. The van der Waals surface area contributed by atoms with Gasteiger partial charge in [-0.25, -0.2) is 4.98 Å². The first kappa shape index (κ1) is 22.1. The predicted octanol–water partition coefficient (Wildman–Crippen LogP) is 2.11. The number of amides is 3. The lowest BCUT2D eigenvalue weighted by atomic mass is 9.75. The van der Waals surface area contributed by atoms with Gasteiger partial charge in [0.25, 0.3) is 0 Å². The number of nitrogens with zero attached hydrogens (tertiary/aromatic N) is 4. The second-order valence-corrected chi connectivity index (χ2v) is 8.56. The van der Waals surface area contributed by atoms with Crippen LogP contribution in [-0.4, -0.2) is 72.8 Å². The number of methoxy groups -OCH3 is 1. The number of hydrogen-bond donors (Lipinski definition) is 0. The van der Waals surface area contributed by atoms with Crippen LogP contribution in [0.25, 0.3) is 0 Å². The van der Waals surface area contributed by atoms with E-state index >= 15 is 0 Å². The molecule has 0 spiro atoms. The number of carbonyl (C=O) groups excluding carboxylic acids is 3. The molecule has 1 atom stereocenters. The highest BCUT2D eigenvalue weighted by molar-refractivity contribution is 6.30. The first-order chi connectivity index (χ1) is 15.3. The summed E-state index contributed by atoms with van der Waals surface area (Å²) in [6.45, 7) is 2.27. The summed E-state index contributed by atoms with van der Waals surface area (Å²) in [5, 5.41) is 0.575. The highest BCUT2D eigenvalue weighted by Crippen LogP contribution is 2.41. The average Bonchev–Trinajstić information content (AvgIpc) is 3.04. The van der Waals surface area contributed by atoms with Gasteiger partial charge in [-0.3, -0.25) is 19.3 Å². The van der Waals surface area contributed by atoms with Crippen molar-refractivity contribution in [3.05, 3.63) is 53.2 Å². The van der Waals surface area contributed by atoms with E-state index in [0.29, 0.717) is 42.5 Å². The van der Waals surface area contributed by atoms with Gasteiger partial charge < -0.3 is 14.5 Å². The number of piperazine rings is 1. The Morgan fingerprint density at radius 2 is 1.91 bits per heavy atom. The molecule has 168 valence electrons. The van der Waals surface area contributed by atoms with Gasteiger partial charge in [0, 0.05) is 52.3 Å². The van der Waals surface area contributed by atoms with E-state index in [2.05, 4.69) is 9.88 Å². The normalized spacial score (nSPS) is 21.3. The van der Waals surface area contributed by atoms with Crippen LogP contribution in [0.1, 0.15) is 18.4 Å². The van der Waals surface area contributed by atoms with E-state index in [0.717, 1.165) is 10.7 Å². The third kappa shape index (κ3) is 4.02. The van der Waals surface area contributed by atoms with Gasteiger partial charge in [-0.2, -0.15) is 0 Å². The van der Waals surface area contributed by atoms with E-state index < -0.39 is 5.41 Å². The molecule has 4 rings (SSSR count). The number of rotatable bonds is 5. The highest BCUT2D eigenvalue weighted by atomic mass is 35.5. The molecule has 0 aliphatic carbocycles. The van der Waals surface area contributed by atoms with Crippen molar-refractivity contribution in [2.75, 3.05) is 45.2 Å². The lowest BCUT2D eigenvalue weighted by molar-refractivity contribution is -0.141. The number of likely N-dealkylation sites (tertiary alicyclic amines) is 1. The van der Waals surface area contributed by atoms with Gasteiger partial charge in [-0.1, -0.05) is 23.7 Å². The van der Waals surface area contributed by atoms with Crippen molar-refractivity contribution in [1.29, 1.82) is 0 Å². The molecule has 2 aromatic rings. The molecule has 2 aliphatic heterocycles. The maximum Gasteiger partial charge on any atom is 0.240 e. The van der Waals surface area contributed by atoms with Crippen molar-refractivity contribution < 1.29 is 19.1 Å². The van der Waals surface area contributed by atoms with E-state index in [1.54, 1.807) is 48.5 Å². The average molecular weight is 457 g/mol. The summed E-state index contributed by atoms with van der Waals surface area (Å²) in [5.41, 5.74) is -0.594. The fourth-order valence-electron chi connectivity index (χ4n) is 4.38. The van der Waals surface area contributed by atoms with Crippen molar-refractivity contribution in [2.45, 2.75) is 18.3 Å². The number of anilines is 1. The molecule has 0 bridgehead atoms. The van der Waals surface area contributed by atoms with Crippen LogP contribution in [0.5, 0.6) is 5.75 Å². The number of halogens is 1. The zero-order valence-corrected chi connectivity index (χ0v) is 18.8. The number of hydrogen-bond acceptors (Lipinski definition) is 6. The minimum Gasteiger partial charge on any atom is -0.497 e. The van der Waals surface area contributed by atoms with Gasteiger partial charge >= 0.3 is 0 Å². The molecular formula is C23H25ClN4O4. The third-order valence-electron chi connectivity index (χ3n) is 6.28. The SMILES string of the molecule is COc1cccc([C@]2(CC(=O)N3CCN(c4ccc(Cl)cn4)CC3)CC(=O)N(C)C2=O)c1. The van der Waals surface area contributed by atoms with E-state index in [-0.39, 0.29) is 30.6 Å². The zero-order chi connectivity index (χ0) is 22.9. The van der Waals surface area contributed by atoms with Crippen molar-refractivity contribution in [3.63, 3.8) is 0 Å². The van der Waals surface area contributed by atoms with Gasteiger partial charge in [0.2, 0.25) is 17.7 Å². The summed E-state index contributed by atoms with van der Waals surface area (Å²) >= 11 is 5.91. The topological polar surface area (TPSA) is 83.1 Å². The van der Waals surface area contributed by atoms with Crippen LogP contribution in [0.3, 0.4) is 0 Å². The lowest BCUT2D eigenvalue weighted by Crippen LogP contribution is -2.51. The number of carbonyl (C=O) groups is 3. The Kier molecular flexibility index (Phi) is 6.06. The first-order valence-electron chi connectivity index (χ1n) is 10.4. The number of benzene rings is 1. The van der Waals surface area contributed by atoms with Crippen LogP contribution in [-0.2, 0) is 19.8 Å². The number of ether oxygens (including phenoxy) is 1. The Balaban J connectivity index is 1.52. The standard InChI is InChI=1S/C23H25ClN4O4/c1-26-20(29)13-23(22(26)31,16-4-3-5-18(12-16)32-2)14-21(30)28-10-8-27(9-11-28)19-7-6-17(24)15-25-19/h3-7,12,15H,8-11,13-14H2,1-2H3/t23-/m1/s1. The van der Waals surface area contributed by atoms with E-state index in [1.165, 1.54) is 7.05 Å². The summed E-state index contributed by atoms with van der Waals surface area (Å²) in [6.07, 6.45) is 1.51. The van der Waals surface area contributed by atoms with Crippen LogP contribution in [0.4, 0.5) is 5.82 Å². The fraction of sp³-hybridized carbons (Fsp3) is 0.391. The van der Waals surface area contributed by atoms with E-state index in [9.17, 15) is 14.4 Å². The second-order valence-electron chi connectivity index (χ2n) is 8.13. The predicted molar refractivity (Wildman–Crippen MR) is 120 cm³/mol. The number of aromatic nitrogens is 1. The van der Waals surface area contributed by atoms with Gasteiger partial charge in [0.05, 0.1) is 17.5 Å². The van der Waals surface area contributed by atoms with Crippen LogP contribution < -0.4 is 9.64 Å². The Morgan fingerprint density at radius 1 is 1.16 bits per heavy atom. The summed E-state index contributed by atoms with van der Waals surface area (Å²) in [6, 6.07) is 10.7. The smallest absolute Gasteiger partial charge is 0.240 e. The molecule has 0 radical (unpaired) electrons. The second kappa shape index (κ2) is 8.78. The van der Waals surface area contributed by atoms with Gasteiger partial charge in [0.15, 0.2) is 0 Å². The largest absolute Gasteiger partial charge is 0.497 e. The van der Waals surface area contributed by atoms with Crippen molar-refractivity contribution >= 4 is 35.1 Å². The van der Waals surface area contributed by atoms with Gasteiger partial charge in [-0.15, -0.1) is 0 Å². The highest BCUT2D eigenvalue weighted by Gasteiger charge is 2.53. The van der Waals surface area contributed by atoms with E-state index in [1.807, 2.05) is 6.07 Å². The minimum absolute atomic E-state index is 0.0318. The molecule has 2 aliphatic rings. The number of likely N-dealkylation sites (N-methyl/N-ethyl adjacent to an activating group) is 1. The summed E-state index contributed by atoms with van der Waals surface area (Å²) < 4.78 is 5.31. The van der Waals surface area contributed by atoms with Crippen molar-refractivity contribution in [1.82, 2.24) is 14.8 Å². The molecular weight excluding hydrogens is 432 g/mol. The van der Waals surface area contributed by atoms with Crippen LogP contribution in [0.2, 0.25) is 5.02 Å². The van der Waals surface area contributed by atoms with Gasteiger partial charge in [0.1, 0.15) is 11.6 Å². The molecule has 1 aromatic heterocycles. The lowest BCUT2D eigenvalue weighted by Gasteiger charge is -2.37. The third-order valence-corrected chi connectivity index (χ3v) is 6.51. The zero-order valence-electron chi connectivity index (χ0n) is 18.1. The summed E-state index contributed by atoms with van der Waals surface area (Å²) in [7, 11) is 3.01. The van der Waals surface area contributed by atoms with Gasteiger partial charge in [-0.05, 0) is 29.8 Å². The Labute approximate surface area is 191 Å². The molecule has 8 nitrogen and oxygen atoms in total. The van der Waals surface area contributed by atoms with Crippen molar-refractivity contribution in [3.8, 4) is 5.75 Å². The quantitative estimate of drug-likeness (QED) is 0.641.